The number of aliphatic hydroxyl groups is 1. The number of nitrogens with zero attached hydrogens (tertiary/aromatic N) is 5. The molecule has 2 aromatic rings. The van der Waals surface area contributed by atoms with Gasteiger partial charge in [0.2, 0.25) is 5.95 Å². The molecule has 0 amide bonds. The first-order valence-corrected chi connectivity index (χ1v) is 9.57. The van der Waals surface area contributed by atoms with E-state index in [2.05, 4.69) is 30.0 Å². The molecule has 2 fully saturated rings. The van der Waals surface area contributed by atoms with Crippen LogP contribution in [0.1, 0.15) is 12.8 Å². The van der Waals surface area contributed by atoms with E-state index >= 15 is 0 Å². The highest BCUT2D eigenvalue weighted by atomic mass is 32.2. The Morgan fingerprint density at radius 2 is 2.04 bits per heavy atom. The lowest BCUT2D eigenvalue weighted by Gasteiger charge is -2.33. The van der Waals surface area contributed by atoms with Gasteiger partial charge in [-0.15, -0.1) is 0 Å². The summed E-state index contributed by atoms with van der Waals surface area (Å²) < 4.78 is 0. The lowest BCUT2D eigenvalue weighted by molar-refractivity contribution is 0.103. The summed E-state index contributed by atoms with van der Waals surface area (Å²) >= 11 is 2.03. The molecule has 0 saturated carbocycles. The molecule has 4 heterocycles. The van der Waals surface area contributed by atoms with Crippen molar-refractivity contribution in [1.29, 1.82) is 0 Å². The number of anilines is 2. The van der Waals surface area contributed by atoms with Gasteiger partial charge in [0.15, 0.2) is 5.65 Å². The molecule has 130 valence electrons. The molecule has 4 rings (SSSR count). The number of β-amino-alcohol motifs (C(OH)–C–C–N with tert-alkyl or cyclic N) is 1. The van der Waals surface area contributed by atoms with Crippen LogP contribution in [0.5, 0.6) is 0 Å². The highest BCUT2D eigenvalue weighted by Gasteiger charge is 2.29. The first-order chi connectivity index (χ1) is 11.7. The maximum absolute atomic E-state index is 10.5. The lowest BCUT2D eigenvalue weighted by Crippen LogP contribution is -2.42. The van der Waals surface area contributed by atoms with Gasteiger partial charge in [0.1, 0.15) is 5.82 Å². The zero-order valence-corrected chi connectivity index (χ0v) is 14.4. The summed E-state index contributed by atoms with van der Waals surface area (Å²) in [6.07, 6.45) is 3.74. The van der Waals surface area contributed by atoms with Crippen molar-refractivity contribution in [1.82, 2.24) is 25.1 Å². The number of hydrogen-bond acceptors (Lipinski definition) is 8. The molecule has 2 saturated heterocycles. The number of rotatable bonds is 2. The van der Waals surface area contributed by atoms with Crippen LogP contribution in [0.2, 0.25) is 0 Å². The minimum absolute atomic E-state index is 0.224. The van der Waals surface area contributed by atoms with Crippen LogP contribution >= 0.6 is 11.8 Å². The molecule has 1 atom stereocenters. The van der Waals surface area contributed by atoms with E-state index in [1.54, 1.807) is 6.20 Å². The fourth-order valence-corrected chi connectivity index (χ4v) is 4.75. The quantitative estimate of drug-likeness (QED) is 0.711. The van der Waals surface area contributed by atoms with Crippen molar-refractivity contribution in [3.8, 4) is 0 Å². The maximum atomic E-state index is 10.5. The summed E-state index contributed by atoms with van der Waals surface area (Å²) in [4.78, 5) is 13.1. The Bertz CT molecular complexity index is 702. The van der Waals surface area contributed by atoms with Crippen molar-refractivity contribution in [3.63, 3.8) is 0 Å². The van der Waals surface area contributed by atoms with Crippen molar-refractivity contribution in [2.45, 2.75) is 25.0 Å². The first-order valence-electron chi connectivity index (χ1n) is 8.42. The zero-order chi connectivity index (χ0) is 16.5. The van der Waals surface area contributed by atoms with Crippen LogP contribution in [0.4, 0.5) is 11.8 Å². The molecule has 24 heavy (non-hydrogen) atoms. The fraction of sp³-hybridized carbons (Fsp3) is 0.667. The summed E-state index contributed by atoms with van der Waals surface area (Å²) in [5, 5.41) is 18.3. The number of aromatic amines is 1. The van der Waals surface area contributed by atoms with Gasteiger partial charge in [-0.25, -0.2) is 0 Å². The third kappa shape index (κ3) is 3.15. The summed E-state index contributed by atoms with van der Waals surface area (Å²) in [6.45, 7) is 3.02. The number of hydrogen-bond donors (Lipinski definition) is 3. The first kappa shape index (κ1) is 15.9. The molecule has 0 aliphatic carbocycles. The molecule has 0 radical (unpaired) electrons. The van der Waals surface area contributed by atoms with Crippen molar-refractivity contribution in [2.75, 3.05) is 48.3 Å². The number of aliphatic hydroxyl groups excluding tert-OH is 1. The average Bonchev–Trinajstić information content (AvgIpc) is 2.96. The Labute approximate surface area is 144 Å². The predicted molar refractivity (Wildman–Crippen MR) is 96.2 cm³/mol. The summed E-state index contributed by atoms with van der Waals surface area (Å²) in [7, 11) is 0. The standard InChI is InChI=1S/C15H23N7OS/c16-15-18-13-12(7-17-20-13)14(19-15)22-4-3-21(8-11(23)9-22)10-1-5-24-6-2-10/h7,10-11,23H,1-6,8-9H2,(H3,16,17,18,19,20)/t11-/m1/s1. The molecule has 4 N–H and O–H groups in total. The van der Waals surface area contributed by atoms with E-state index in [9.17, 15) is 5.11 Å². The highest BCUT2D eigenvalue weighted by molar-refractivity contribution is 7.99. The molecule has 2 aliphatic heterocycles. The van der Waals surface area contributed by atoms with Crippen LogP contribution < -0.4 is 10.6 Å². The van der Waals surface area contributed by atoms with Crippen molar-refractivity contribution < 1.29 is 5.11 Å². The van der Waals surface area contributed by atoms with E-state index in [0.29, 0.717) is 18.2 Å². The molecule has 0 bridgehead atoms. The number of nitrogen functional groups attached to an aromatic ring is 1. The van der Waals surface area contributed by atoms with E-state index in [1.165, 1.54) is 24.3 Å². The number of aromatic nitrogens is 4. The van der Waals surface area contributed by atoms with Gasteiger partial charge in [0.05, 0.1) is 17.7 Å². The van der Waals surface area contributed by atoms with Crippen molar-refractivity contribution in [3.05, 3.63) is 6.20 Å². The van der Waals surface area contributed by atoms with Gasteiger partial charge in [-0.3, -0.25) is 10.00 Å². The van der Waals surface area contributed by atoms with Gasteiger partial charge in [0.25, 0.3) is 0 Å². The van der Waals surface area contributed by atoms with Gasteiger partial charge in [0, 0.05) is 32.2 Å². The van der Waals surface area contributed by atoms with Crippen LogP contribution in [0.25, 0.3) is 11.0 Å². The number of thioether (sulfide) groups is 1. The second-order valence-corrected chi connectivity index (χ2v) is 7.70. The minimum Gasteiger partial charge on any atom is -0.390 e. The van der Waals surface area contributed by atoms with Gasteiger partial charge >= 0.3 is 0 Å². The third-order valence-electron chi connectivity index (χ3n) is 4.85. The minimum atomic E-state index is -0.403. The van der Waals surface area contributed by atoms with Crippen LogP contribution in [-0.4, -0.2) is 80.0 Å². The van der Waals surface area contributed by atoms with Gasteiger partial charge in [-0.2, -0.15) is 26.8 Å². The fourth-order valence-electron chi connectivity index (χ4n) is 3.67. The molecule has 0 spiro atoms. The summed E-state index contributed by atoms with van der Waals surface area (Å²) in [5.41, 5.74) is 6.47. The summed E-state index contributed by atoms with van der Waals surface area (Å²) in [5.74, 6) is 3.42. The lowest BCUT2D eigenvalue weighted by atomic mass is 10.1. The monoisotopic (exact) mass is 349 g/mol. The Morgan fingerprint density at radius 3 is 2.88 bits per heavy atom. The zero-order valence-electron chi connectivity index (χ0n) is 13.6. The molecule has 0 aromatic carbocycles. The molecule has 8 nitrogen and oxygen atoms in total. The van der Waals surface area contributed by atoms with Gasteiger partial charge in [-0.1, -0.05) is 0 Å². The van der Waals surface area contributed by atoms with Gasteiger partial charge in [-0.05, 0) is 24.3 Å². The Hall–Kier alpha value is -1.58. The van der Waals surface area contributed by atoms with Crippen molar-refractivity contribution >= 4 is 34.6 Å². The van der Waals surface area contributed by atoms with E-state index in [4.69, 9.17) is 5.73 Å². The Morgan fingerprint density at radius 1 is 1.21 bits per heavy atom. The van der Waals surface area contributed by atoms with E-state index in [0.717, 1.165) is 30.8 Å². The number of fused-ring (bicyclic) bond motifs is 1. The molecule has 0 unspecified atom stereocenters. The number of H-pyrrole nitrogens is 1. The second kappa shape index (κ2) is 6.73. The molecule has 2 aliphatic rings. The van der Waals surface area contributed by atoms with E-state index in [-0.39, 0.29) is 5.95 Å². The van der Waals surface area contributed by atoms with Gasteiger partial charge < -0.3 is 15.7 Å². The topological polar surface area (TPSA) is 107 Å². The highest BCUT2D eigenvalue weighted by Crippen LogP contribution is 2.26. The largest absolute Gasteiger partial charge is 0.390 e. The Kier molecular flexibility index (Phi) is 4.47. The van der Waals surface area contributed by atoms with Crippen LogP contribution in [0.3, 0.4) is 0 Å². The molecular formula is C15H23N7OS. The molecule has 2 aromatic heterocycles. The van der Waals surface area contributed by atoms with Crippen molar-refractivity contribution in [2.24, 2.45) is 0 Å². The SMILES string of the molecule is Nc1nc(N2CCN(C3CCSCC3)C[C@@H](O)C2)c2cn[nH]c2n1. The smallest absolute Gasteiger partial charge is 0.224 e. The van der Waals surface area contributed by atoms with E-state index in [1.807, 2.05) is 11.8 Å². The molecular weight excluding hydrogens is 326 g/mol. The van der Waals surface area contributed by atoms with Crippen LogP contribution in [0, 0.1) is 0 Å². The average molecular weight is 349 g/mol. The van der Waals surface area contributed by atoms with Crippen LogP contribution in [-0.2, 0) is 0 Å². The molecule has 9 heteroatoms. The predicted octanol–water partition coefficient (Wildman–Crippen LogP) is 0.314. The maximum Gasteiger partial charge on any atom is 0.224 e. The normalized spacial score (nSPS) is 24.4. The number of nitrogens with two attached hydrogens (primary N) is 1. The second-order valence-electron chi connectivity index (χ2n) is 6.48. The summed E-state index contributed by atoms with van der Waals surface area (Å²) in [6, 6.07) is 0.588. The van der Waals surface area contributed by atoms with Crippen LogP contribution in [0.15, 0.2) is 6.20 Å². The number of nitrogens with one attached hydrogen (secondary N) is 1. The third-order valence-corrected chi connectivity index (χ3v) is 5.90. The Balaban J connectivity index is 1.57. The van der Waals surface area contributed by atoms with E-state index < -0.39 is 6.10 Å².